The van der Waals surface area contributed by atoms with Crippen molar-refractivity contribution < 1.29 is 9.59 Å². The third-order valence-corrected chi connectivity index (χ3v) is 5.20. The number of likely N-dealkylation sites (N-methyl/N-ethyl adjacent to an activating group) is 1. The second-order valence-corrected chi connectivity index (χ2v) is 7.85. The SMILES string of the molecule is CC(C)c1ccccc1NC(=O)CC(=O)Nc1ccc(N2CCN(C)CC2)cc1. The Balaban J connectivity index is 1.52. The molecule has 1 saturated heterocycles. The number of piperazine rings is 1. The molecule has 0 unspecified atom stereocenters. The summed E-state index contributed by atoms with van der Waals surface area (Å²) in [7, 11) is 2.13. The van der Waals surface area contributed by atoms with Crippen LogP contribution in [0.25, 0.3) is 0 Å². The first-order valence-electron chi connectivity index (χ1n) is 10.1. The van der Waals surface area contributed by atoms with Gasteiger partial charge in [0, 0.05) is 43.2 Å². The maximum absolute atomic E-state index is 12.3. The molecule has 1 aliphatic rings. The Hall–Kier alpha value is -2.86. The molecule has 2 aromatic carbocycles. The van der Waals surface area contributed by atoms with Gasteiger partial charge in [-0.3, -0.25) is 9.59 Å². The quantitative estimate of drug-likeness (QED) is 0.736. The number of carbonyl (C=O) groups is 2. The summed E-state index contributed by atoms with van der Waals surface area (Å²) >= 11 is 0. The van der Waals surface area contributed by atoms with Crippen LogP contribution < -0.4 is 15.5 Å². The van der Waals surface area contributed by atoms with Crippen molar-refractivity contribution in [1.82, 2.24) is 4.90 Å². The summed E-state index contributed by atoms with van der Waals surface area (Å²) in [6.45, 7) is 8.24. The number of hydrogen-bond donors (Lipinski definition) is 2. The summed E-state index contributed by atoms with van der Waals surface area (Å²) in [6.07, 6.45) is -0.216. The molecule has 0 aromatic heterocycles. The van der Waals surface area contributed by atoms with Gasteiger partial charge in [0.2, 0.25) is 11.8 Å². The van der Waals surface area contributed by atoms with E-state index in [4.69, 9.17) is 0 Å². The zero-order valence-corrected chi connectivity index (χ0v) is 17.4. The predicted molar refractivity (Wildman–Crippen MR) is 119 cm³/mol. The number of amides is 2. The van der Waals surface area contributed by atoms with Crippen molar-refractivity contribution in [3.8, 4) is 0 Å². The second kappa shape index (κ2) is 9.56. The van der Waals surface area contributed by atoms with Crippen molar-refractivity contribution in [2.24, 2.45) is 0 Å². The second-order valence-electron chi connectivity index (χ2n) is 7.85. The fourth-order valence-corrected chi connectivity index (χ4v) is 3.48. The minimum atomic E-state index is -0.322. The van der Waals surface area contributed by atoms with Crippen LogP contribution in [0.3, 0.4) is 0 Å². The van der Waals surface area contributed by atoms with Gasteiger partial charge >= 0.3 is 0 Å². The van der Waals surface area contributed by atoms with Crippen molar-refractivity contribution in [3.05, 3.63) is 54.1 Å². The van der Waals surface area contributed by atoms with E-state index < -0.39 is 0 Å². The molecule has 154 valence electrons. The molecule has 2 aromatic rings. The van der Waals surface area contributed by atoms with Gasteiger partial charge in [0.05, 0.1) is 0 Å². The van der Waals surface area contributed by atoms with Crippen LogP contribution in [0.15, 0.2) is 48.5 Å². The van der Waals surface area contributed by atoms with Gasteiger partial charge in [0.15, 0.2) is 0 Å². The molecule has 1 fully saturated rings. The van der Waals surface area contributed by atoms with Gasteiger partial charge in [-0.05, 0) is 48.9 Å². The van der Waals surface area contributed by atoms with Gasteiger partial charge in [-0.15, -0.1) is 0 Å². The van der Waals surface area contributed by atoms with E-state index in [0.29, 0.717) is 11.6 Å². The van der Waals surface area contributed by atoms with Gasteiger partial charge in [-0.2, -0.15) is 0 Å². The topological polar surface area (TPSA) is 64.7 Å². The molecule has 2 N–H and O–H groups in total. The molecular formula is C23H30N4O2. The highest BCUT2D eigenvalue weighted by Gasteiger charge is 2.15. The molecule has 3 rings (SSSR count). The summed E-state index contributed by atoms with van der Waals surface area (Å²) in [6, 6.07) is 15.5. The van der Waals surface area contributed by atoms with E-state index in [1.807, 2.05) is 48.5 Å². The molecule has 2 amide bonds. The molecule has 6 nitrogen and oxygen atoms in total. The summed E-state index contributed by atoms with van der Waals surface area (Å²) in [5.41, 5.74) is 3.67. The van der Waals surface area contributed by atoms with Crippen LogP contribution >= 0.6 is 0 Å². The number of rotatable bonds is 6. The van der Waals surface area contributed by atoms with Crippen LogP contribution in [-0.4, -0.2) is 49.9 Å². The van der Waals surface area contributed by atoms with Gasteiger partial charge in [0.25, 0.3) is 0 Å². The predicted octanol–water partition coefficient (Wildman–Crippen LogP) is 3.53. The van der Waals surface area contributed by atoms with E-state index >= 15 is 0 Å². The zero-order valence-electron chi connectivity index (χ0n) is 17.4. The standard InChI is InChI=1S/C23H30N4O2/c1-17(2)20-6-4-5-7-21(20)25-23(29)16-22(28)24-18-8-10-19(11-9-18)27-14-12-26(3)13-15-27/h4-11,17H,12-16H2,1-3H3,(H,24,28)(H,25,29). The van der Waals surface area contributed by atoms with Crippen LogP contribution in [0, 0.1) is 0 Å². The smallest absolute Gasteiger partial charge is 0.233 e. The Bertz CT molecular complexity index is 840. The van der Waals surface area contributed by atoms with E-state index in [9.17, 15) is 9.59 Å². The van der Waals surface area contributed by atoms with E-state index in [1.54, 1.807) is 0 Å². The molecule has 0 saturated carbocycles. The van der Waals surface area contributed by atoms with Crippen molar-refractivity contribution in [1.29, 1.82) is 0 Å². The highest BCUT2D eigenvalue weighted by atomic mass is 16.2. The van der Waals surface area contributed by atoms with E-state index in [0.717, 1.165) is 43.1 Å². The molecule has 0 aliphatic carbocycles. The number of benzene rings is 2. The normalized spacial score (nSPS) is 14.7. The summed E-state index contributed by atoms with van der Waals surface area (Å²) < 4.78 is 0. The Morgan fingerprint density at radius 2 is 1.52 bits per heavy atom. The number of para-hydroxylation sites is 1. The average molecular weight is 395 g/mol. The Morgan fingerprint density at radius 3 is 2.17 bits per heavy atom. The molecule has 1 heterocycles. The van der Waals surface area contributed by atoms with Gasteiger partial charge in [-0.25, -0.2) is 0 Å². The van der Waals surface area contributed by atoms with Crippen LogP contribution in [0.2, 0.25) is 0 Å². The lowest BCUT2D eigenvalue weighted by Gasteiger charge is -2.34. The third-order valence-electron chi connectivity index (χ3n) is 5.20. The third kappa shape index (κ3) is 5.81. The molecule has 0 bridgehead atoms. The monoisotopic (exact) mass is 394 g/mol. The Labute approximate surface area is 172 Å². The molecule has 0 spiro atoms. The first kappa shape index (κ1) is 20.9. The molecule has 0 radical (unpaired) electrons. The highest BCUT2D eigenvalue weighted by Crippen LogP contribution is 2.24. The van der Waals surface area contributed by atoms with Crippen LogP contribution in [-0.2, 0) is 9.59 Å². The summed E-state index contributed by atoms with van der Waals surface area (Å²) in [5.74, 6) is -0.347. The average Bonchev–Trinajstić information content (AvgIpc) is 2.69. The number of carbonyl (C=O) groups excluding carboxylic acids is 2. The maximum atomic E-state index is 12.3. The minimum Gasteiger partial charge on any atom is -0.369 e. The molecule has 29 heavy (non-hydrogen) atoms. The van der Waals surface area contributed by atoms with Crippen molar-refractivity contribution in [2.45, 2.75) is 26.2 Å². The van der Waals surface area contributed by atoms with Crippen molar-refractivity contribution in [2.75, 3.05) is 48.8 Å². The number of nitrogens with zero attached hydrogens (tertiary/aromatic N) is 2. The molecule has 6 heteroatoms. The van der Waals surface area contributed by atoms with E-state index in [2.05, 4.69) is 41.3 Å². The minimum absolute atomic E-state index is 0.216. The molecule has 1 aliphatic heterocycles. The van der Waals surface area contributed by atoms with Gasteiger partial charge < -0.3 is 20.4 Å². The number of nitrogens with one attached hydrogen (secondary N) is 2. The number of anilines is 3. The first-order valence-corrected chi connectivity index (χ1v) is 10.1. The fourth-order valence-electron chi connectivity index (χ4n) is 3.48. The highest BCUT2D eigenvalue weighted by molar-refractivity contribution is 6.08. The van der Waals surface area contributed by atoms with Crippen LogP contribution in [0.4, 0.5) is 17.1 Å². The van der Waals surface area contributed by atoms with Gasteiger partial charge in [-0.1, -0.05) is 32.0 Å². The van der Waals surface area contributed by atoms with Gasteiger partial charge in [0.1, 0.15) is 6.42 Å². The largest absolute Gasteiger partial charge is 0.369 e. The summed E-state index contributed by atoms with van der Waals surface area (Å²) in [5, 5.41) is 5.66. The maximum Gasteiger partial charge on any atom is 0.233 e. The van der Waals surface area contributed by atoms with Crippen molar-refractivity contribution in [3.63, 3.8) is 0 Å². The zero-order chi connectivity index (χ0) is 20.8. The lowest BCUT2D eigenvalue weighted by atomic mass is 10.0. The molecule has 0 atom stereocenters. The fraction of sp³-hybridized carbons (Fsp3) is 0.391. The summed E-state index contributed by atoms with van der Waals surface area (Å²) in [4.78, 5) is 29.2. The Kier molecular flexibility index (Phi) is 6.88. The lowest BCUT2D eigenvalue weighted by molar-refractivity contribution is -0.123. The molecular weight excluding hydrogens is 364 g/mol. The van der Waals surface area contributed by atoms with Crippen LogP contribution in [0.1, 0.15) is 31.7 Å². The number of hydrogen-bond acceptors (Lipinski definition) is 4. The van der Waals surface area contributed by atoms with Crippen molar-refractivity contribution >= 4 is 28.9 Å². The lowest BCUT2D eigenvalue weighted by Crippen LogP contribution is -2.44. The van der Waals surface area contributed by atoms with Crippen LogP contribution in [0.5, 0.6) is 0 Å². The Morgan fingerprint density at radius 1 is 0.897 bits per heavy atom. The van der Waals surface area contributed by atoms with E-state index in [1.165, 1.54) is 0 Å². The van der Waals surface area contributed by atoms with E-state index in [-0.39, 0.29) is 18.2 Å². The first-order chi connectivity index (χ1) is 13.9.